The molecular weight excluding hydrogens is 214 g/mol. The number of likely N-dealkylation sites (N-methyl/N-ethyl adjacent to an activating group) is 1. The molecule has 0 aromatic heterocycles. The number of likely N-dealkylation sites (tertiary alicyclic amines) is 1. The quantitative estimate of drug-likeness (QED) is 0.749. The first-order valence-electron chi connectivity index (χ1n) is 6.72. The third-order valence-corrected chi connectivity index (χ3v) is 3.67. The zero-order valence-electron chi connectivity index (χ0n) is 11.6. The highest BCUT2D eigenvalue weighted by Crippen LogP contribution is 2.09. The van der Waals surface area contributed by atoms with Crippen LogP contribution in [0.3, 0.4) is 0 Å². The molecular formula is C13H27N3O. The van der Waals surface area contributed by atoms with Crippen LogP contribution in [-0.2, 0) is 4.79 Å². The Morgan fingerprint density at radius 2 is 2.12 bits per heavy atom. The Bertz CT molecular complexity index is 243. The number of carbonyl (C=O) groups excluding carboxylic acids is 1. The van der Waals surface area contributed by atoms with E-state index in [0.717, 1.165) is 13.1 Å². The van der Waals surface area contributed by atoms with Crippen LogP contribution in [0.5, 0.6) is 0 Å². The van der Waals surface area contributed by atoms with Crippen molar-refractivity contribution in [3.63, 3.8) is 0 Å². The van der Waals surface area contributed by atoms with Crippen molar-refractivity contribution in [2.45, 2.75) is 45.7 Å². The lowest BCUT2D eigenvalue weighted by Crippen LogP contribution is -2.49. The molecule has 4 nitrogen and oxygen atoms in total. The van der Waals surface area contributed by atoms with Crippen LogP contribution in [-0.4, -0.2) is 49.6 Å². The number of nitrogens with one attached hydrogen (secondary N) is 2. The van der Waals surface area contributed by atoms with E-state index in [0.29, 0.717) is 18.5 Å². The van der Waals surface area contributed by atoms with Crippen molar-refractivity contribution in [2.24, 2.45) is 5.92 Å². The van der Waals surface area contributed by atoms with Gasteiger partial charge in [0.05, 0.1) is 6.54 Å². The molecule has 4 heteroatoms. The second-order valence-corrected chi connectivity index (χ2v) is 5.46. The summed E-state index contributed by atoms with van der Waals surface area (Å²) < 4.78 is 0. The normalized spacial score (nSPS) is 23.7. The van der Waals surface area contributed by atoms with Gasteiger partial charge in [0.25, 0.3) is 0 Å². The van der Waals surface area contributed by atoms with Gasteiger partial charge in [-0.1, -0.05) is 13.8 Å². The highest BCUT2D eigenvalue weighted by molar-refractivity contribution is 5.78. The maximum atomic E-state index is 11.8. The third-order valence-electron chi connectivity index (χ3n) is 3.67. The van der Waals surface area contributed by atoms with Gasteiger partial charge < -0.3 is 10.6 Å². The minimum absolute atomic E-state index is 0.156. The Kier molecular flexibility index (Phi) is 5.92. The predicted molar refractivity (Wildman–Crippen MR) is 71.0 cm³/mol. The van der Waals surface area contributed by atoms with Gasteiger partial charge in [-0.3, -0.25) is 9.69 Å². The van der Waals surface area contributed by atoms with Gasteiger partial charge >= 0.3 is 0 Å². The third kappa shape index (κ3) is 5.04. The number of rotatable bonds is 5. The van der Waals surface area contributed by atoms with Gasteiger partial charge in [-0.25, -0.2) is 0 Å². The molecule has 1 heterocycles. The zero-order valence-corrected chi connectivity index (χ0v) is 11.6. The average molecular weight is 241 g/mol. The number of carbonyl (C=O) groups is 1. The lowest BCUT2D eigenvalue weighted by molar-refractivity contribution is -0.123. The maximum absolute atomic E-state index is 11.8. The molecule has 0 aromatic carbocycles. The molecule has 0 saturated carbocycles. The monoisotopic (exact) mass is 241 g/mol. The number of amides is 1. The molecule has 2 N–H and O–H groups in total. The van der Waals surface area contributed by atoms with Gasteiger partial charge in [0, 0.05) is 18.6 Å². The minimum atomic E-state index is 0.156. The summed E-state index contributed by atoms with van der Waals surface area (Å²) in [5.41, 5.74) is 0. The Morgan fingerprint density at radius 1 is 1.41 bits per heavy atom. The Labute approximate surface area is 105 Å². The second-order valence-electron chi connectivity index (χ2n) is 5.46. The summed E-state index contributed by atoms with van der Waals surface area (Å²) in [6, 6.07) is 0.798. The first-order valence-corrected chi connectivity index (χ1v) is 6.72. The first-order chi connectivity index (χ1) is 8.02. The molecule has 1 fully saturated rings. The average Bonchev–Trinajstić information content (AvgIpc) is 2.28. The van der Waals surface area contributed by atoms with E-state index in [1.807, 2.05) is 7.05 Å². The summed E-state index contributed by atoms with van der Waals surface area (Å²) in [6.07, 6.45) is 2.40. The summed E-state index contributed by atoms with van der Waals surface area (Å²) in [5.74, 6) is 0.647. The van der Waals surface area contributed by atoms with Crippen LogP contribution in [0, 0.1) is 5.92 Å². The molecule has 2 atom stereocenters. The summed E-state index contributed by atoms with van der Waals surface area (Å²) in [6.45, 7) is 8.89. The molecule has 17 heavy (non-hydrogen) atoms. The molecule has 1 aliphatic rings. The molecule has 0 spiro atoms. The molecule has 100 valence electrons. The van der Waals surface area contributed by atoms with Gasteiger partial charge in [0.1, 0.15) is 0 Å². The van der Waals surface area contributed by atoms with E-state index in [1.54, 1.807) is 0 Å². The van der Waals surface area contributed by atoms with Gasteiger partial charge in [-0.15, -0.1) is 0 Å². The fourth-order valence-electron chi connectivity index (χ4n) is 2.10. The Morgan fingerprint density at radius 3 is 2.71 bits per heavy atom. The molecule has 0 aliphatic carbocycles. The van der Waals surface area contributed by atoms with E-state index >= 15 is 0 Å². The zero-order chi connectivity index (χ0) is 12.8. The van der Waals surface area contributed by atoms with Crippen molar-refractivity contribution < 1.29 is 4.79 Å². The molecule has 1 rings (SSSR count). The number of hydrogen-bond donors (Lipinski definition) is 2. The van der Waals surface area contributed by atoms with Crippen molar-refractivity contribution in [2.75, 3.05) is 26.7 Å². The fourth-order valence-corrected chi connectivity index (χ4v) is 2.10. The predicted octanol–water partition coefficient (Wildman–Crippen LogP) is 0.831. The van der Waals surface area contributed by atoms with Crippen molar-refractivity contribution in [3.05, 3.63) is 0 Å². The van der Waals surface area contributed by atoms with Crippen molar-refractivity contribution in [1.82, 2.24) is 15.5 Å². The minimum Gasteiger partial charge on any atom is -0.352 e. The number of hydrogen-bond acceptors (Lipinski definition) is 3. The maximum Gasteiger partial charge on any atom is 0.234 e. The fraction of sp³-hybridized carbons (Fsp3) is 0.923. The summed E-state index contributed by atoms with van der Waals surface area (Å²) in [5, 5.41) is 6.35. The lowest BCUT2D eigenvalue weighted by Gasteiger charge is -2.32. The van der Waals surface area contributed by atoms with E-state index in [1.165, 1.54) is 12.8 Å². The smallest absolute Gasteiger partial charge is 0.234 e. The summed E-state index contributed by atoms with van der Waals surface area (Å²) in [4.78, 5) is 14.1. The molecule has 0 aromatic rings. The highest BCUT2D eigenvalue weighted by atomic mass is 16.2. The largest absolute Gasteiger partial charge is 0.352 e. The molecule has 0 bridgehead atoms. The van der Waals surface area contributed by atoms with Crippen LogP contribution in [0.4, 0.5) is 0 Å². The van der Waals surface area contributed by atoms with Crippen LogP contribution in [0.2, 0.25) is 0 Å². The van der Waals surface area contributed by atoms with Crippen LogP contribution in [0.15, 0.2) is 0 Å². The molecule has 1 saturated heterocycles. The highest BCUT2D eigenvalue weighted by Gasteiger charge is 2.21. The van der Waals surface area contributed by atoms with Gasteiger partial charge in [-0.2, -0.15) is 0 Å². The lowest BCUT2D eigenvalue weighted by atomic mass is 10.1. The SMILES string of the molecule is CNC1CCCN(CC(=O)NC(C)C(C)C)C1. The Balaban J connectivity index is 2.30. The van der Waals surface area contributed by atoms with Gasteiger partial charge in [0.15, 0.2) is 0 Å². The van der Waals surface area contributed by atoms with Crippen LogP contribution >= 0.6 is 0 Å². The topological polar surface area (TPSA) is 44.4 Å². The molecule has 0 radical (unpaired) electrons. The number of piperidine rings is 1. The molecule has 1 aliphatic heterocycles. The van der Waals surface area contributed by atoms with Crippen LogP contribution < -0.4 is 10.6 Å². The first kappa shape index (κ1) is 14.5. The van der Waals surface area contributed by atoms with E-state index in [9.17, 15) is 4.79 Å². The standard InChI is InChI=1S/C13H27N3O/c1-10(2)11(3)15-13(17)9-16-7-5-6-12(8-16)14-4/h10-12,14H,5-9H2,1-4H3,(H,15,17). The molecule has 1 amide bonds. The van der Waals surface area contributed by atoms with E-state index in [-0.39, 0.29) is 11.9 Å². The number of nitrogens with zero attached hydrogens (tertiary/aromatic N) is 1. The second kappa shape index (κ2) is 6.97. The van der Waals surface area contributed by atoms with E-state index in [2.05, 4.69) is 36.3 Å². The molecule has 2 unspecified atom stereocenters. The van der Waals surface area contributed by atoms with E-state index < -0.39 is 0 Å². The van der Waals surface area contributed by atoms with Crippen LogP contribution in [0.1, 0.15) is 33.6 Å². The summed E-state index contributed by atoms with van der Waals surface area (Å²) >= 11 is 0. The van der Waals surface area contributed by atoms with Crippen LogP contribution in [0.25, 0.3) is 0 Å². The van der Waals surface area contributed by atoms with Gasteiger partial charge in [-0.05, 0) is 39.3 Å². The van der Waals surface area contributed by atoms with Gasteiger partial charge in [0.2, 0.25) is 5.91 Å². The van der Waals surface area contributed by atoms with Crippen molar-refractivity contribution in [1.29, 1.82) is 0 Å². The van der Waals surface area contributed by atoms with E-state index in [4.69, 9.17) is 0 Å². The Hall–Kier alpha value is -0.610. The summed E-state index contributed by atoms with van der Waals surface area (Å²) in [7, 11) is 2.00. The van der Waals surface area contributed by atoms with Crippen molar-refractivity contribution in [3.8, 4) is 0 Å². The van der Waals surface area contributed by atoms with Crippen molar-refractivity contribution >= 4 is 5.91 Å².